The van der Waals surface area contributed by atoms with Gasteiger partial charge < -0.3 is 9.15 Å². The average Bonchev–Trinajstić information content (AvgIpc) is 2.83. The highest BCUT2D eigenvalue weighted by Crippen LogP contribution is 2.15. The minimum atomic E-state index is 0.498. The zero-order chi connectivity index (χ0) is 11.2. The van der Waals surface area contributed by atoms with Gasteiger partial charge in [0.15, 0.2) is 6.29 Å². The summed E-state index contributed by atoms with van der Waals surface area (Å²) in [7, 11) is 0. The maximum absolute atomic E-state index is 10.7. The van der Waals surface area contributed by atoms with Crippen molar-refractivity contribution in [3.8, 4) is 5.75 Å². The van der Waals surface area contributed by atoms with Crippen LogP contribution in [-0.4, -0.2) is 12.9 Å². The Morgan fingerprint density at radius 2 is 2.06 bits per heavy atom. The summed E-state index contributed by atoms with van der Waals surface area (Å²) in [5, 5.41) is 0. The topological polar surface area (TPSA) is 39.4 Å². The number of carbonyl (C=O) groups is 1. The van der Waals surface area contributed by atoms with Crippen LogP contribution in [0.15, 0.2) is 47.1 Å². The van der Waals surface area contributed by atoms with Gasteiger partial charge in [0.05, 0.1) is 18.4 Å². The standard InChI is InChI=1S/C13H12O3/c14-10-11-4-1-2-6-13(11)16-9-7-12-5-3-8-15-12/h1-6,8,10H,7,9H2. The summed E-state index contributed by atoms with van der Waals surface area (Å²) in [5.41, 5.74) is 0.571. The van der Waals surface area contributed by atoms with Crippen molar-refractivity contribution in [1.29, 1.82) is 0 Å². The molecule has 16 heavy (non-hydrogen) atoms. The van der Waals surface area contributed by atoms with E-state index in [9.17, 15) is 4.79 Å². The van der Waals surface area contributed by atoms with Gasteiger partial charge in [0.2, 0.25) is 0 Å². The Morgan fingerprint density at radius 3 is 2.81 bits per heavy atom. The van der Waals surface area contributed by atoms with Crippen LogP contribution in [0.1, 0.15) is 16.1 Å². The van der Waals surface area contributed by atoms with Gasteiger partial charge in [-0.15, -0.1) is 0 Å². The first-order chi connectivity index (χ1) is 7.90. The van der Waals surface area contributed by atoms with E-state index in [0.29, 0.717) is 24.3 Å². The molecule has 0 unspecified atom stereocenters. The van der Waals surface area contributed by atoms with Crippen LogP contribution in [0.2, 0.25) is 0 Å². The van der Waals surface area contributed by atoms with E-state index >= 15 is 0 Å². The number of rotatable bonds is 5. The van der Waals surface area contributed by atoms with Gasteiger partial charge in [-0.25, -0.2) is 0 Å². The summed E-state index contributed by atoms with van der Waals surface area (Å²) in [6.45, 7) is 0.498. The molecule has 0 aliphatic heterocycles. The molecule has 0 amide bonds. The van der Waals surface area contributed by atoms with Crippen LogP contribution in [0.4, 0.5) is 0 Å². The van der Waals surface area contributed by atoms with Gasteiger partial charge in [-0.1, -0.05) is 12.1 Å². The molecular formula is C13H12O3. The number of ether oxygens (including phenoxy) is 1. The molecule has 0 saturated carbocycles. The van der Waals surface area contributed by atoms with E-state index < -0.39 is 0 Å². The first-order valence-corrected chi connectivity index (χ1v) is 5.09. The van der Waals surface area contributed by atoms with Crippen molar-refractivity contribution >= 4 is 6.29 Å². The molecule has 0 spiro atoms. The molecule has 0 radical (unpaired) electrons. The van der Waals surface area contributed by atoms with Crippen molar-refractivity contribution in [3.05, 3.63) is 54.0 Å². The minimum absolute atomic E-state index is 0.498. The Hall–Kier alpha value is -2.03. The summed E-state index contributed by atoms with van der Waals surface area (Å²) in [6.07, 6.45) is 3.12. The monoisotopic (exact) mass is 216 g/mol. The number of carbonyl (C=O) groups excluding carboxylic acids is 1. The number of para-hydroxylation sites is 1. The van der Waals surface area contributed by atoms with Gasteiger partial charge >= 0.3 is 0 Å². The van der Waals surface area contributed by atoms with E-state index in [-0.39, 0.29) is 0 Å². The molecule has 0 N–H and O–H groups in total. The largest absolute Gasteiger partial charge is 0.492 e. The van der Waals surface area contributed by atoms with Gasteiger partial charge in [0.25, 0.3) is 0 Å². The molecule has 3 nitrogen and oxygen atoms in total. The van der Waals surface area contributed by atoms with Crippen LogP contribution in [0.3, 0.4) is 0 Å². The average molecular weight is 216 g/mol. The van der Waals surface area contributed by atoms with Gasteiger partial charge in [0.1, 0.15) is 11.5 Å². The Bertz CT molecular complexity index is 446. The fourth-order valence-corrected chi connectivity index (χ4v) is 1.43. The molecule has 0 bridgehead atoms. The summed E-state index contributed by atoms with van der Waals surface area (Å²) in [5.74, 6) is 1.49. The van der Waals surface area contributed by atoms with Gasteiger partial charge in [-0.05, 0) is 24.3 Å². The molecule has 0 aliphatic carbocycles. The lowest BCUT2D eigenvalue weighted by atomic mass is 10.2. The fourth-order valence-electron chi connectivity index (χ4n) is 1.43. The second kappa shape index (κ2) is 5.16. The predicted octanol–water partition coefficient (Wildman–Crippen LogP) is 2.71. The Labute approximate surface area is 93.7 Å². The van der Waals surface area contributed by atoms with Gasteiger partial charge in [-0.3, -0.25) is 4.79 Å². The Morgan fingerprint density at radius 1 is 1.19 bits per heavy atom. The molecule has 1 aromatic carbocycles. The zero-order valence-electron chi connectivity index (χ0n) is 8.76. The summed E-state index contributed by atoms with van der Waals surface area (Å²) >= 11 is 0. The summed E-state index contributed by atoms with van der Waals surface area (Å²) in [6, 6.07) is 10.9. The highest BCUT2D eigenvalue weighted by molar-refractivity contribution is 5.79. The van der Waals surface area contributed by atoms with Gasteiger partial charge in [-0.2, -0.15) is 0 Å². The highest BCUT2D eigenvalue weighted by Gasteiger charge is 2.02. The van der Waals surface area contributed by atoms with E-state index in [4.69, 9.17) is 9.15 Å². The lowest BCUT2D eigenvalue weighted by molar-refractivity contribution is 0.111. The number of hydrogen-bond acceptors (Lipinski definition) is 3. The van der Waals surface area contributed by atoms with Crippen molar-refractivity contribution in [2.75, 3.05) is 6.61 Å². The van der Waals surface area contributed by atoms with Crippen LogP contribution < -0.4 is 4.74 Å². The first kappa shape index (κ1) is 10.5. The normalized spacial score (nSPS) is 10.0. The Balaban J connectivity index is 1.92. The van der Waals surface area contributed by atoms with Crippen LogP contribution >= 0.6 is 0 Å². The second-order valence-electron chi connectivity index (χ2n) is 3.33. The van der Waals surface area contributed by atoms with Crippen molar-refractivity contribution in [2.45, 2.75) is 6.42 Å². The van der Waals surface area contributed by atoms with Crippen LogP contribution in [0.25, 0.3) is 0 Å². The summed E-state index contributed by atoms with van der Waals surface area (Å²) in [4.78, 5) is 10.7. The van der Waals surface area contributed by atoms with Crippen molar-refractivity contribution in [1.82, 2.24) is 0 Å². The number of hydrogen-bond donors (Lipinski definition) is 0. The van der Waals surface area contributed by atoms with Crippen LogP contribution in [0.5, 0.6) is 5.75 Å². The molecule has 3 heteroatoms. The fraction of sp³-hybridized carbons (Fsp3) is 0.154. The van der Waals surface area contributed by atoms with Gasteiger partial charge in [0, 0.05) is 6.42 Å². The van der Waals surface area contributed by atoms with E-state index in [1.165, 1.54) is 0 Å². The quantitative estimate of drug-likeness (QED) is 0.721. The molecule has 2 rings (SSSR count). The number of aldehydes is 1. The molecule has 0 fully saturated rings. The molecular weight excluding hydrogens is 204 g/mol. The SMILES string of the molecule is O=Cc1ccccc1OCCc1ccco1. The third-order valence-electron chi connectivity index (χ3n) is 2.23. The molecule has 82 valence electrons. The van der Waals surface area contributed by atoms with E-state index in [2.05, 4.69) is 0 Å². The predicted molar refractivity (Wildman–Crippen MR) is 59.7 cm³/mol. The summed E-state index contributed by atoms with van der Waals surface area (Å²) < 4.78 is 10.7. The highest BCUT2D eigenvalue weighted by atomic mass is 16.5. The van der Waals surface area contributed by atoms with Crippen molar-refractivity contribution in [3.63, 3.8) is 0 Å². The molecule has 0 atom stereocenters. The zero-order valence-corrected chi connectivity index (χ0v) is 8.76. The first-order valence-electron chi connectivity index (χ1n) is 5.09. The van der Waals surface area contributed by atoms with Crippen molar-refractivity contribution in [2.24, 2.45) is 0 Å². The number of furan rings is 1. The smallest absolute Gasteiger partial charge is 0.153 e. The second-order valence-corrected chi connectivity index (χ2v) is 3.33. The third kappa shape index (κ3) is 2.51. The molecule has 1 aromatic heterocycles. The maximum Gasteiger partial charge on any atom is 0.153 e. The van der Waals surface area contributed by atoms with Crippen LogP contribution in [0, 0.1) is 0 Å². The third-order valence-corrected chi connectivity index (χ3v) is 2.23. The lowest BCUT2D eigenvalue weighted by Gasteiger charge is -2.06. The molecule has 0 saturated heterocycles. The van der Waals surface area contributed by atoms with E-state index in [1.54, 1.807) is 18.4 Å². The van der Waals surface area contributed by atoms with E-state index in [0.717, 1.165) is 12.0 Å². The minimum Gasteiger partial charge on any atom is -0.492 e. The van der Waals surface area contributed by atoms with Crippen LogP contribution in [-0.2, 0) is 6.42 Å². The van der Waals surface area contributed by atoms with E-state index in [1.807, 2.05) is 24.3 Å². The molecule has 1 heterocycles. The molecule has 2 aromatic rings. The van der Waals surface area contributed by atoms with Crippen molar-refractivity contribution < 1.29 is 13.9 Å². The lowest BCUT2D eigenvalue weighted by Crippen LogP contribution is -2.02. The number of benzene rings is 1. The maximum atomic E-state index is 10.7. The Kier molecular flexibility index (Phi) is 3.38. The molecule has 0 aliphatic rings.